The fraction of sp³-hybridized carbons (Fsp3) is 0.263. The molecule has 0 aliphatic heterocycles. The summed E-state index contributed by atoms with van der Waals surface area (Å²) < 4.78 is 38.1. The molecule has 1 aliphatic carbocycles. The van der Waals surface area contributed by atoms with Gasteiger partial charge >= 0.3 is 6.18 Å². The average molecular weight is 362 g/mol. The molecule has 0 unspecified atom stereocenters. The van der Waals surface area contributed by atoms with Gasteiger partial charge in [0.15, 0.2) is 0 Å². The lowest BCUT2D eigenvalue weighted by Crippen LogP contribution is -2.23. The number of anilines is 1. The summed E-state index contributed by atoms with van der Waals surface area (Å²) >= 11 is 0. The maximum absolute atomic E-state index is 12.7. The predicted molar refractivity (Wildman–Crippen MR) is 90.4 cm³/mol. The highest BCUT2D eigenvalue weighted by atomic mass is 19.4. The molecule has 4 nitrogen and oxygen atoms in total. The fourth-order valence-electron chi connectivity index (χ4n) is 2.44. The zero-order valence-corrected chi connectivity index (χ0v) is 13.8. The van der Waals surface area contributed by atoms with Crippen molar-refractivity contribution in [2.75, 3.05) is 5.32 Å². The van der Waals surface area contributed by atoms with Crippen LogP contribution in [0.15, 0.2) is 48.5 Å². The molecule has 0 atom stereocenters. The quantitative estimate of drug-likeness (QED) is 0.845. The Labute approximate surface area is 148 Å². The van der Waals surface area contributed by atoms with Crippen molar-refractivity contribution in [1.29, 1.82) is 0 Å². The van der Waals surface area contributed by atoms with Gasteiger partial charge in [-0.3, -0.25) is 9.59 Å². The minimum Gasteiger partial charge on any atom is -0.348 e. The van der Waals surface area contributed by atoms with Gasteiger partial charge in [-0.15, -0.1) is 0 Å². The fourth-order valence-corrected chi connectivity index (χ4v) is 2.44. The Hall–Kier alpha value is -2.83. The van der Waals surface area contributed by atoms with Crippen LogP contribution < -0.4 is 10.6 Å². The van der Waals surface area contributed by atoms with Gasteiger partial charge < -0.3 is 10.6 Å². The summed E-state index contributed by atoms with van der Waals surface area (Å²) in [6.07, 6.45) is -2.61. The van der Waals surface area contributed by atoms with Crippen LogP contribution in [0.1, 0.15) is 34.3 Å². The number of carbonyl (C=O) groups excluding carboxylic acids is 2. The smallest absolute Gasteiger partial charge is 0.348 e. The van der Waals surface area contributed by atoms with Crippen molar-refractivity contribution < 1.29 is 22.8 Å². The minimum absolute atomic E-state index is 0.0110. The van der Waals surface area contributed by atoms with Gasteiger partial charge in [0.2, 0.25) is 5.91 Å². The molecular weight excluding hydrogens is 345 g/mol. The van der Waals surface area contributed by atoms with Crippen molar-refractivity contribution >= 4 is 17.5 Å². The van der Waals surface area contributed by atoms with Crippen molar-refractivity contribution in [2.45, 2.75) is 25.6 Å². The SMILES string of the molecule is O=C(NCc1cccc(C(F)(F)F)c1)c1ccc(NC(=O)C2CC2)cc1. The van der Waals surface area contributed by atoms with Crippen LogP contribution in [0.3, 0.4) is 0 Å². The largest absolute Gasteiger partial charge is 0.416 e. The van der Waals surface area contributed by atoms with E-state index in [2.05, 4.69) is 10.6 Å². The third-order valence-electron chi connectivity index (χ3n) is 4.07. The van der Waals surface area contributed by atoms with Gasteiger partial charge in [0.05, 0.1) is 5.56 Å². The molecule has 2 amide bonds. The molecule has 7 heteroatoms. The third kappa shape index (κ3) is 4.62. The molecule has 1 aliphatic rings. The Morgan fingerprint density at radius 3 is 2.35 bits per heavy atom. The molecule has 0 saturated heterocycles. The van der Waals surface area contributed by atoms with Crippen LogP contribution in [0.5, 0.6) is 0 Å². The molecule has 26 heavy (non-hydrogen) atoms. The Kier molecular flexibility index (Phi) is 4.97. The number of benzene rings is 2. The van der Waals surface area contributed by atoms with Crippen molar-refractivity contribution in [2.24, 2.45) is 5.92 Å². The number of hydrogen-bond donors (Lipinski definition) is 2. The van der Waals surface area contributed by atoms with Crippen LogP contribution in [0.25, 0.3) is 0 Å². The zero-order valence-electron chi connectivity index (χ0n) is 13.8. The Bertz CT molecular complexity index is 812. The van der Waals surface area contributed by atoms with E-state index in [1.165, 1.54) is 12.1 Å². The monoisotopic (exact) mass is 362 g/mol. The van der Waals surface area contributed by atoms with Gasteiger partial charge in [-0.1, -0.05) is 12.1 Å². The van der Waals surface area contributed by atoms with E-state index >= 15 is 0 Å². The van der Waals surface area contributed by atoms with Crippen LogP contribution in [-0.2, 0) is 17.5 Å². The first-order valence-corrected chi connectivity index (χ1v) is 8.18. The summed E-state index contributed by atoms with van der Waals surface area (Å²) in [7, 11) is 0. The van der Waals surface area contributed by atoms with Crippen LogP contribution in [-0.4, -0.2) is 11.8 Å². The van der Waals surface area contributed by atoms with Gasteiger partial charge in [0.1, 0.15) is 0 Å². The van der Waals surface area contributed by atoms with Crippen molar-refractivity contribution in [3.05, 3.63) is 65.2 Å². The van der Waals surface area contributed by atoms with E-state index in [-0.39, 0.29) is 18.4 Å². The van der Waals surface area contributed by atoms with Crippen LogP contribution in [0, 0.1) is 5.92 Å². The second-order valence-corrected chi connectivity index (χ2v) is 6.22. The van der Waals surface area contributed by atoms with Gasteiger partial charge in [0.25, 0.3) is 5.91 Å². The number of hydrogen-bond acceptors (Lipinski definition) is 2. The van der Waals surface area contributed by atoms with Gasteiger partial charge in [0, 0.05) is 23.7 Å². The first-order chi connectivity index (χ1) is 12.3. The highest BCUT2D eigenvalue weighted by Gasteiger charge is 2.30. The third-order valence-corrected chi connectivity index (χ3v) is 4.07. The van der Waals surface area contributed by atoms with E-state index in [4.69, 9.17) is 0 Å². The summed E-state index contributed by atoms with van der Waals surface area (Å²) in [5, 5.41) is 5.36. The second-order valence-electron chi connectivity index (χ2n) is 6.22. The van der Waals surface area contributed by atoms with E-state index < -0.39 is 17.6 Å². The average Bonchev–Trinajstić information content (AvgIpc) is 3.45. The summed E-state index contributed by atoms with van der Waals surface area (Å²) in [6, 6.07) is 11.2. The number of amides is 2. The van der Waals surface area contributed by atoms with Crippen LogP contribution >= 0.6 is 0 Å². The molecule has 136 valence electrons. The lowest BCUT2D eigenvalue weighted by molar-refractivity contribution is -0.137. The van der Waals surface area contributed by atoms with Crippen LogP contribution in [0.2, 0.25) is 0 Å². The van der Waals surface area contributed by atoms with E-state index in [1.807, 2.05) is 0 Å². The number of halogens is 3. The first kappa shape index (κ1) is 18.0. The van der Waals surface area contributed by atoms with Crippen molar-refractivity contribution in [3.8, 4) is 0 Å². The van der Waals surface area contributed by atoms with E-state index in [0.29, 0.717) is 16.8 Å². The topological polar surface area (TPSA) is 58.2 Å². The summed E-state index contributed by atoms with van der Waals surface area (Å²) in [5.41, 5.74) is 0.583. The Morgan fingerprint density at radius 2 is 1.73 bits per heavy atom. The van der Waals surface area contributed by atoms with Crippen molar-refractivity contribution in [3.63, 3.8) is 0 Å². The van der Waals surface area contributed by atoms with E-state index in [1.54, 1.807) is 24.3 Å². The first-order valence-electron chi connectivity index (χ1n) is 8.18. The summed E-state index contributed by atoms with van der Waals surface area (Å²) in [5.74, 6) is -0.334. The highest BCUT2D eigenvalue weighted by molar-refractivity contribution is 5.96. The molecule has 0 spiro atoms. The maximum atomic E-state index is 12.7. The molecule has 2 aromatic rings. The zero-order chi connectivity index (χ0) is 18.7. The Morgan fingerprint density at radius 1 is 1.04 bits per heavy atom. The van der Waals surface area contributed by atoms with E-state index in [9.17, 15) is 22.8 Å². The molecule has 2 N–H and O–H groups in total. The molecule has 0 radical (unpaired) electrons. The number of nitrogens with one attached hydrogen (secondary N) is 2. The number of carbonyl (C=O) groups is 2. The maximum Gasteiger partial charge on any atom is 0.416 e. The molecule has 3 rings (SSSR count). The number of alkyl halides is 3. The standard InChI is InChI=1S/C19H17F3N2O2/c20-19(21,22)15-3-1-2-12(10-15)11-23-17(25)13-6-8-16(9-7-13)24-18(26)14-4-5-14/h1-3,6-10,14H,4-5,11H2,(H,23,25)(H,24,26). The van der Waals surface area contributed by atoms with Gasteiger partial charge in [-0.25, -0.2) is 0 Å². The molecule has 2 aromatic carbocycles. The molecule has 1 fully saturated rings. The second kappa shape index (κ2) is 7.19. The van der Waals surface area contributed by atoms with Gasteiger partial charge in [-0.05, 0) is 54.8 Å². The van der Waals surface area contributed by atoms with E-state index in [0.717, 1.165) is 25.0 Å². The molecule has 0 aromatic heterocycles. The number of rotatable bonds is 5. The predicted octanol–water partition coefficient (Wildman–Crippen LogP) is 3.98. The summed E-state index contributed by atoms with van der Waals surface area (Å²) in [6.45, 7) is -0.0110. The lowest BCUT2D eigenvalue weighted by Gasteiger charge is -2.10. The van der Waals surface area contributed by atoms with Crippen molar-refractivity contribution in [1.82, 2.24) is 5.32 Å². The van der Waals surface area contributed by atoms with Crippen LogP contribution in [0.4, 0.5) is 18.9 Å². The normalized spacial score (nSPS) is 14.0. The molecular formula is C19H17F3N2O2. The lowest BCUT2D eigenvalue weighted by atomic mass is 10.1. The minimum atomic E-state index is -4.42. The molecule has 0 bridgehead atoms. The molecule has 1 saturated carbocycles. The summed E-state index contributed by atoms with van der Waals surface area (Å²) in [4.78, 5) is 23.8. The molecule has 0 heterocycles. The van der Waals surface area contributed by atoms with Gasteiger partial charge in [-0.2, -0.15) is 13.2 Å². The highest BCUT2D eigenvalue weighted by Crippen LogP contribution is 2.30. The Balaban J connectivity index is 1.57.